The van der Waals surface area contributed by atoms with E-state index in [9.17, 15) is 9.59 Å². The Kier molecular flexibility index (Phi) is 89.3. The Morgan fingerprint density at radius 1 is 0.479 bits per heavy atom. The van der Waals surface area contributed by atoms with Crippen LogP contribution in [0, 0.1) is 64.6 Å². The van der Waals surface area contributed by atoms with Gasteiger partial charge in [-0.3, -0.25) is 38.7 Å². The predicted octanol–water partition coefficient (Wildman–Crippen LogP) is 17.2. The van der Waals surface area contributed by atoms with E-state index in [1.807, 2.05) is 63.4 Å². The van der Waals surface area contributed by atoms with Crippen LogP contribution in [0.15, 0.2) is 77.6 Å². The highest BCUT2D eigenvalue weighted by atomic mass is 35.5. The van der Waals surface area contributed by atoms with Crippen molar-refractivity contribution in [2.45, 2.75) is 236 Å². The van der Waals surface area contributed by atoms with Gasteiger partial charge in [0.25, 0.3) is 11.5 Å². The number of ether oxygens (including phenoxy) is 6. The van der Waals surface area contributed by atoms with E-state index in [1.165, 1.54) is 137 Å². The van der Waals surface area contributed by atoms with Crippen molar-refractivity contribution < 1.29 is 48.5 Å². The van der Waals surface area contributed by atoms with Gasteiger partial charge in [-0.1, -0.05) is 206 Å². The minimum atomic E-state index is -0.136. The fraction of sp³-hybridized carbons (Fsp3) is 0.812. The summed E-state index contributed by atoms with van der Waals surface area (Å²) in [6, 6.07) is 24.7. The van der Waals surface area contributed by atoms with Gasteiger partial charge in [-0.2, -0.15) is 5.26 Å². The number of halogens is 1. The van der Waals surface area contributed by atoms with Crippen LogP contribution in [0.2, 0.25) is 5.02 Å². The molecule has 0 radical (unpaired) electrons. The first-order valence-electron chi connectivity index (χ1n) is 56.4. The Morgan fingerprint density at radius 3 is 1.40 bits per heavy atom. The van der Waals surface area contributed by atoms with Crippen LogP contribution < -0.4 is 15.0 Å². The molecule has 1 aromatic heterocycles. The molecule has 1 amide bonds. The SMILES string of the molecule is CC(C)CCCCCN(C)C.CC(C)CCCCOCCO.CC(C)CN(C)CCC#N.CC(C)CN(C)CCO.CC(C)CN1CCN(C)CC1.CC(C)CN1CCN(CCO)CC1.CC(C)CN1CCOCC1.CC(C)N1CCN(C)CC1.CC(C)Oc1ccccc1-n1c(CN2CCN(C(=O)COc3ccc(Cl)cc3)CC2)nc2ccccc2c1=O.CCN(CC)CC(C)C.COCCN(CCOC)CC(C)C. The number of nitrogens with zero attached hydrogens (tertiary/aromatic N) is 17. The topological polar surface area (TPSA) is 237 Å². The second-order valence-corrected chi connectivity index (χ2v) is 44.9. The molecule has 0 unspecified atom stereocenters. The summed E-state index contributed by atoms with van der Waals surface area (Å²) in [6.45, 7) is 94.7. The van der Waals surface area contributed by atoms with Gasteiger partial charge in [0.15, 0.2) is 6.61 Å². The molecule has 3 N–H and O–H groups in total. The van der Waals surface area contributed by atoms with Crippen molar-refractivity contribution in [3.05, 3.63) is 94.0 Å². The highest BCUT2D eigenvalue weighted by Crippen LogP contribution is 2.26. The van der Waals surface area contributed by atoms with Crippen LogP contribution in [-0.2, 0) is 30.3 Å². The number of likely N-dealkylation sites (N-methyl/N-ethyl adjacent to an activating group) is 3. The quantitative estimate of drug-likeness (QED) is 0.0348. The monoisotopic (exact) mass is 2080 g/mol. The highest BCUT2D eigenvalue weighted by Gasteiger charge is 2.26. The average molecular weight is 2080 g/mol. The molecule has 3 aromatic carbocycles. The van der Waals surface area contributed by atoms with Gasteiger partial charge in [-0.25, -0.2) is 4.98 Å². The molecule has 29 heteroatoms. The molecule has 0 atom stereocenters. The van der Waals surface area contributed by atoms with E-state index < -0.39 is 0 Å². The summed E-state index contributed by atoms with van der Waals surface area (Å²) in [4.78, 5) is 64.0. The van der Waals surface area contributed by atoms with E-state index in [4.69, 9.17) is 65.6 Å². The molecule has 0 bridgehead atoms. The maximum atomic E-state index is 13.8. The molecule has 0 aliphatic carbocycles. The third kappa shape index (κ3) is 79.8. The van der Waals surface area contributed by atoms with E-state index in [-0.39, 0.29) is 37.4 Å². The zero-order chi connectivity index (χ0) is 110. The number of aliphatic hydroxyl groups excluding tert-OH is 3. The molecule has 9 rings (SSSR count). The molecular weight excluding hydrogens is 1850 g/mol. The van der Waals surface area contributed by atoms with Crippen molar-refractivity contribution in [2.75, 3.05) is 339 Å². The zero-order valence-corrected chi connectivity index (χ0v) is 100. The first kappa shape index (κ1) is 143. The number of piperazine rings is 4. The van der Waals surface area contributed by atoms with Crippen molar-refractivity contribution in [2.24, 2.45) is 53.3 Å². The first-order chi connectivity index (χ1) is 69.4. The summed E-state index contributed by atoms with van der Waals surface area (Å²) >= 11 is 5.91. The van der Waals surface area contributed by atoms with Crippen LogP contribution in [0.5, 0.6) is 11.5 Å². The smallest absolute Gasteiger partial charge is 0.266 e. The van der Waals surface area contributed by atoms with Gasteiger partial charge >= 0.3 is 0 Å². The molecule has 146 heavy (non-hydrogen) atoms. The molecule has 5 aliphatic heterocycles. The van der Waals surface area contributed by atoms with Crippen molar-refractivity contribution in [3.8, 4) is 23.3 Å². The van der Waals surface area contributed by atoms with Gasteiger partial charge in [-0.15, -0.1) is 0 Å². The minimum Gasteiger partial charge on any atom is -0.489 e. The standard InChI is InChI=1S/C30H31ClN4O4.C10H22N2O.C10H23NO2.C10H23N.C9H20N2.C9H20O2.C8H18N2.C8H16N2.C8H17NO.C8H19N.C7H17NO/c1-21(2)39-27-10-6-5-9-26(27)35-28(32-25-8-4-3-7-24(25)30(35)37)19-33-15-17-34(18-16-33)29(36)20-38-23-13-11-22(31)12-14-23;1-10(2)9-12-5-3-11(4-6-12)7-8-13;1-10(2)9-11(5-7-12-3)6-8-13-4;1-10(2)8-6-5-7-9-11(3)4;1-9(2)8-11-6-4-10(3)5-7-11;1-9(2)5-3-4-7-11-8-6-10;1-8(2)10-6-4-9(3)5-7-10;1-8(2)7-10(3)6-4-5-9;1-8(2)7-9-3-5-10-6-4-9;1-5-9(6-2)7-8(3)4;1-7(2)6-8(3)4-5-9/h3-14,21H,15-20H2,1-2H3;10,13H,3-9H2,1-2H3;10H,5-9H2,1-4H3;10H,5-9H2,1-4H3;9H,4-8H2,1-3H3;9-10H,3-8H2,1-2H3;8H,4-7H2,1-3H3;8H,4,6-7H2,1-3H3;8H,3-7H2,1-2H3;8H,5-7H2,1-4H3;7,9H,4-6H2,1-3H3. The van der Waals surface area contributed by atoms with Gasteiger partial charge in [0.1, 0.15) is 17.3 Å². The van der Waals surface area contributed by atoms with E-state index in [1.54, 1.807) is 54.0 Å². The minimum absolute atomic E-state index is 0.0277. The summed E-state index contributed by atoms with van der Waals surface area (Å²) < 4.78 is 33.8. The van der Waals surface area contributed by atoms with Crippen molar-refractivity contribution in [3.63, 3.8) is 0 Å². The predicted molar refractivity (Wildman–Crippen MR) is 620 cm³/mol. The van der Waals surface area contributed by atoms with E-state index in [2.05, 4.69) is 257 Å². The van der Waals surface area contributed by atoms with E-state index in [0.717, 1.165) is 173 Å². The number of rotatable bonds is 50. The number of β-amino-alcohol motifs (C(OH)–C–C–N with tert-alkyl or cyclic N) is 1. The highest BCUT2D eigenvalue weighted by molar-refractivity contribution is 6.30. The Bertz CT molecular complexity index is 3690. The second-order valence-electron chi connectivity index (χ2n) is 44.5. The first-order valence-corrected chi connectivity index (χ1v) is 56.7. The van der Waals surface area contributed by atoms with Gasteiger partial charge < -0.3 is 87.8 Å². The molecule has 28 nitrogen and oxygen atoms in total. The van der Waals surface area contributed by atoms with Crippen molar-refractivity contribution in [1.29, 1.82) is 5.26 Å². The number of hydrogen-bond acceptors (Lipinski definition) is 26. The number of unbranched alkanes of at least 4 members (excludes halogenated alkanes) is 3. The lowest BCUT2D eigenvalue weighted by Gasteiger charge is -2.35. The van der Waals surface area contributed by atoms with E-state index in [0.29, 0.717) is 109 Å². The average Bonchev–Trinajstić information content (AvgIpc) is 0.763. The number of amides is 1. The van der Waals surface area contributed by atoms with Crippen LogP contribution in [0.1, 0.15) is 223 Å². The lowest BCUT2D eigenvalue weighted by molar-refractivity contribution is -0.135. The van der Waals surface area contributed by atoms with Crippen LogP contribution in [0.3, 0.4) is 0 Å². The Labute approximate surface area is 900 Å². The Morgan fingerprint density at radius 2 is 0.945 bits per heavy atom. The summed E-state index contributed by atoms with van der Waals surface area (Å²) in [5.74, 6) is 8.76. The maximum Gasteiger partial charge on any atom is 0.266 e. The molecule has 4 aromatic rings. The Hall–Kier alpha value is -5.15. The van der Waals surface area contributed by atoms with Crippen LogP contribution >= 0.6 is 11.6 Å². The molecule has 5 fully saturated rings. The summed E-state index contributed by atoms with van der Waals surface area (Å²) in [5, 5.41) is 35.1. The molecule has 0 spiro atoms. The molecule has 5 saturated heterocycles. The lowest BCUT2D eigenvalue weighted by atomic mass is 10.1. The second kappa shape index (κ2) is 91.3. The van der Waals surface area contributed by atoms with Gasteiger partial charge in [0.2, 0.25) is 0 Å². The number of nitriles is 1. The lowest BCUT2D eigenvalue weighted by Crippen LogP contribution is -2.50. The van der Waals surface area contributed by atoms with E-state index >= 15 is 0 Å². The number of hydrogen-bond donors (Lipinski definition) is 3. The maximum absolute atomic E-state index is 13.8. The van der Waals surface area contributed by atoms with Crippen LogP contribution in [-0.4, -0.2) is 450 Å². The number of carbonyl (C=O) groups is 1. The summed E-state index contributed by atoms with van der Waals surface area (Å²) in [7, 11) is 16.2. The molecule has 6 heterocycles. The number of methoxy groups -OCH3 is 2. The third-order valence-corrected chi connectivity index (χ3v) is 24.8. The molecule has 0 saturated carbocycles. The normalized spacial score (nSPS) is 15.3. The molecule has 852 valence electrons. The van der Waals surface area contributed by atoms with Crippen LogP contribution in [0.25, 0.3) is 16.6 Å². The van der Waals surface area contributed by atoms with Gasteiger partial charge in [0, 0.05) is 235 Å². The number of aliphatic hydroxyl groups is 3. The molecule has 5 aliphatic rings. The fourth-order valence-corrected chi connectivity index (χ4v) is 17.0. The van der Waals surface area contributed by atoms with Crippen LogP contribution in [0.4, 0.5) is 0 Å². The number of para-hydroxylation sites is 3. The van der Waals surface area contributed by atoms with Crippen molar-refractivity contribution in [1.82, 2.24) is 78.1 Å². The number of carbonyl (C=O) groups excluding carboxylic acids is 1. The number of aromatic nitrogens is 2. The van der Waals surface area contributed by atoms with Gasteiger partial charge in [0.05, 0.1) is 88.2 Å². The Balaban J connectivity index is 0. The number of morpholine rings is 1. The molecular formula is C117H226ClN17O11. The third-order valence-electron chi connectivity index (χ3n) is 24.5. The summed E-state index contributed by atoms with van der Waals surface area (Å²) in [6.07, 6.45) is 9.80. The zero-order valence-electron chi connectivity index (χ0n) is 99.6. The largest absolute Gasteiger partial charge is 0.489 e. The van der Waals surface area contributed by atoms with Gasteiger partial charge in [-0.05, 0) is 204 Å². The summed E-state index contributed by atoms with van der Waals surface area (Å²) in [5.41, 5.74) is 1.19. The van der Waals surface area contributed by atoms with Crippen molar-refractivity contribution >= 4 is 28.4 Å². The fourth-order valence-electron chi connectivity index (χ4n) is 16.9. The number of fused-ring (bicyclic) bond motifs is 1. The number of benzene rings is 3.